The molecule has 4 rings (SSSR count). The molecule has 1 aliphatic carbocycles. The fourth-order valence-electron chi connectivity index (χ4n) is 7.96. The van der Waals surface area contributed by atoms with E-state index in [1.807, 2.05) is 40.7 Å². The zero-order chi connectivity index (χ0) is 52.1. The van der Waals surface area contributed by atoms with Crippen LogP contribution in [0.5, 0.6) is 0 Å². The molecule has 1 aromatic rings. The lowest BCUT2D eigenvalue weighted by Gasteiger charge is -2.30. The van der Waals surface area contributed by atoms with Crippen LogP contribution >= 0.6 is 0 Å². The molecule has 23 heteroatoms. The zero-order valence-corrected chi connectivity index (χ0v) is 43.8. The van der Waals surface area contributed by atoms with Crippen LogP contribution in [0.3, 0.4) is 0 Å². The average molecular weight is 1060 g/mol. The monoisotopic (exact) mass is 1060 g/mol. The highest BCUT2D eigenvalue weighted by Gasteiger charge is 2.43. The van der Waals surface area contributed by atoms with Gasteiger partial charge in [0, 0.05) is 66.6 Å². The minimum absolute atomic E-state index is 0.0483. The predicted octanol–water partition coefficient (Wildman–Crippen LogP) is 3.03. The maximum atomic E-state index is 12.3. The summed E-state index contributed by atoms with van der Waals surface area (Å²) in [6, 6.07) is 11.7. The van der Waals surface area contributed by atoms with Crippen LogP contribution in [-0.2, 0) is 74.3 Å². The summed E-state index contributed by atoms with van der Waals surface area (Å²) in [5, 5.41) is 9.59. The van der Waals surface area contributed by atoms with Crippen molar-refractivity contribution >= 4 is 42.1 Å². The molecule has 1 atom stereocenters. The molecule has 0 fully saturated rings. The van der Waals surface area contributed by atoms with E-state index in [-0.39, 0.29) is 77.4 Å². The molecule has 1 N–H and O–H groups in total. The highest BCUT2D eigenvalue weighted by Crippen LogP contribution is 2.51. The number of fused-ring (bicyclic) bond motifs is 2. The first kappa shape index (κ1) is 59.9. The van der Waals surface area contributed by atoms with E-state index in [0.29, 0.717) is 93.2 Å². The molecule has 0 saturated carbocycles. The number of aliphatic hydroxyl groups excluding tert-OH is 1. The van der Waals surface area contributed by atoms with Crippen molar-refractivity contribution in [3.63, 3.8) is 0 Å². The van der Waals surface area contributed by atoms with Crippen molar-refractivity contribution in [2.75, 3.05) is 136 Å². The Labute approximate surface area is 418 Å². The Morgan fingerprint density at radius 3 is 1.87 bits per heavy atom. The molecule has 71 heavy (non-hydrogen) atoms. The Balaban J connectivity index is 1.71. The van der Waals surface area contributed by atoms with E-state index < -0.39 is 52.2 Å². The van der Waals surface area contributed by atoms with E-state index in [9.17, 15) is 38.9 Å². The third kappa shape index (κ3) is 20.3. The second-order valence-electron chi connectivity index (χ2n) is 17.9. The minimum Gasteiger partial charge on any atom is -0.748 e. The number of allylic oxidation sites excluding steroid dienone is 3. The second-order valence-corrected chi connectivity index (χ2v) is 22.3. The lowest BCUT2D eigenvalue weighted by atomic mass is 9.78. The Morgan fingerprint density at radius 1 is 0.718 bits per heavy atom. The highest BCUT2D eigenvalue weighted by atomic mass is 32.2. The van der Waals surface area contributed by atoms with E-state index in [1.165, 1.54) is 18.2 Å². The van der Waals surface area contributed by atoms with Gasteiger partial charge in [0.15, 0.2) is 6.54 Å². The number of nitrogens with zero attached hydrogens (tertiary/aromatic N) is 2. The van der Waals surface area contributed by atoms with Gasteiger partial charge in [0.25, 0.3) is 0 Å². The minimum atomic E-state index is -4.87. The first-order valence-electron chi connectivity index (χ1n) is 23.4. The van der Waals surface area contributed by atoms with Gasteiger partial charge in [0.2, 0.25) is 5.36 Å². The second kappa shape index (κ2) is 28.7. The fraction of sp³-hybridized carbons (Fsp3) is 0.604. The van der Waals surface area contributed by atoms with Crippen LogP contribution in [0.15, 0.2) is 69.6 Å². The molecule has 0 spiro atoms. The Bertz CT molecular complexity index is 2570. The first-order valence-corrected chi connectivity index (χ1v) is 28.0. The maximum Gasteiger partial charge on any atom is 0.203 e. The largest absolute Gasteiger partial charge is 0.748 e. The van der Waals surface area contributed by atoms with Gasteiger partial charge in [-0.2, -0.15) is 0 Å². The van der Waals surface area contributed by atoms with Gasteiger partial charge in [-0.15, -0.1) is 0 Å². The van der Waals surface area contributed by atoms with E-state index in [2.05, 4.69) is 20.8 Å². The van der Waals surface area contributed by atoms with Gasteiger partial charge in [-0.05, 0) is 78.8 Å². The van der Waals surface area contributed by atoms with E-state index in [0.717, 1.165) is 11.1 Å². The van der Waals surface area contributed by atoms with Gasteiger partial charge >= 0.3 is 0 Å². The standard InChI is InChI=1S/C48H72N2O18S3/c1-47(2,3)42-36-39(68-45-35-38(11-13-41(42)45)49(16-7-33-69(52,53)54)18-21-63-26-29-67-32-31-65-24-23-61-5)9-6-10-46-48(4,15-20-62-25-28-66-30-27-64-22-19-51)43-37-40(71(58,59)60)12-14-44(43)50(46)17-8-34-70(55,56)57/h6,9-14,35-37,51H,7-8,15-34H2,1-5H3,(H2-,52,53,54,55,56,57,58,59,60)/p-2. The smallest absolute Gasteiger partial charge is 0.203 e. The molecular weight excluding hydrogens is 989 g/mol. The maximum absolute atomic E-state index is 12.3. The molecule has 2 heterocycles. The van der Waals surface area contributed by atoms with Crippen molar-refractivity contribution < 1.29 is 81.6 Å². The van der Waals surface area contributed by atoms with Crippen molar-refractivity contribution in [3.05, 3.63) is 82.6 Å². The van der Waals surface area contributed by atoms with Crippen LogP contribution in [0, 0.1) is 0 Å². The molecule has 0 bridgehead atoms. The van der Waals surface area contributed by atoms with Gasteiger partial charge in [-0.25, -0.2) is 29.8 Å². The molecule has 20 nitrogen and oxygen atoms in total. The summed E-state index contributed by atoms with van der Waals surface area (Å²) < 4.78 is 154. The molecule has 1 unspecified atom stereocenters. The summed E-state index contributed by atoms with van der Waals surface area (Å²) in [5.41, 5.74) is 2.07. The molecule has 400 valence electrons. The highest BCUT2D eigenvalue weighted by molar-refractivity contribution is 7.86. The number of benzene rings is 2. The van der Waals surface area contributed by atoms with Gasteiger partial charge < -0.3 is 61.2 Å². The predicted molar refractivity (Wildman–Crippen MR) is 262 cm³/mol. The number of aliphatic hydroxyl groups is 1. The number of methoxy groups -OCH3 is 1. The van der Waals surface area contributed by atoms with Crippen molar-refractivity contribution in [1.29, 1.82) is 0 Å². The lowest BCUT2D eigenvalue weighted by Crippen LogP contribution is -2.35. The Kier molecular flexibility index (Phi) is 24.2. The number of rotatable bonds is 34. The van der Waals surface area contributed by atoms with E-state index in [1.54, 1.807) is 25.3 Å². The fourth-order valence-corrected chi connectivity index (χ4v) is 9.42. The Morgan fingerprint density at radius 2 is 1.30 bits per heavy atom. The van der Waals surface area contributed by atoms with Gasteiger partial charge in [-0.3, -0.25) is 0 Å². The molecule has 1 aromatic carbocycles. The normalized spacial score (nSPS) is 16.7. The molecule has 3 aliphatic rings. The summed E-state index contributed by atoms with van der Waals surface area (Å²) in [7, 11) is -12.3. The summed E-state index contributed by atoms with van der Waals surface area (Å²) in [5.74, 6) is -0.199. The number of ether oxygens (including phenoxy) is 7. The molecule has 0 aromatic heterocycles. The van der Waals surface area contributed by atoms with E-state index in [4.69, 9.17) is 42.7 Å². The van der Waals surface area contributed by atoms with Crippen LogP contribution in [0.2, 0.25) is 0 Å². The molecule has 0 radical (unpaired) electrons. The molecular formula is C48H70N2O18S3-2. The zero-order valence-electron chi connectivity index (χ0n) is 41.3. The summed E-state index contributed by atoms with van der Waals surface area (Å²) in [6.07, 6.45) is 5.63. The lowest BCUT2D eigenvalue weighted by molar-refractivity contribution is 0.00371. The van der Waals surface area contributed by atoms with Crippen molar-refractivity contribution in [3.8, 4) is 11.3 Å². The van der Waals surface area contributed by atoms with Crippen molar-refractivity contribution in [2.45, 2.75) is 62.7 Å². The summed E-state index contributed by atoms with van der Waals surface area (Å²) in [6.45, 7) is 12.8. The molecule has 2 aliphatic heterocycles. The number of hydrogen-bond donors (Lipinski definition) is 1. The van der Waals surface area contributed by atoms with Gasteiger partial charge in [0.05, 0.1) is 110 Å². The van der Waals surface area contributed by atoms with Crippen LogP contribution in [0.25, 0.3) is 17.4 Å². The van der Waals surface area contributed by atoms with Crippen LogP contribution in [-0.4, -0.2) is 175 Å². The summed E-state index contributed by atoms with van der Waals surface area (Å²) >= 11 is 0. The number of anilines is 1. The van der Waals surface area contributed by atoms with E-state index >= 15 is 0 Å². The van der Waals surface area contributed by atoms with Crippen molar-refractivity contribution in [1.82, 2.24) is 4.58 Å². The Hall–Kier alpha value is -3.66. The SMILES string of the molecule is COCCOCCOCCOCC[N+](CCCS(=O)(=O)[O-])=c1ccc2c(C(C)(C)C)cc(/C=C/C=C3/N(CCCS(=O)(=O)[O-])c4ccc(S(=O)(=O)[O-])cc4C3(C)CCOCCOCCOCCO)oc-2c1. The van der Waals surface area contributed by atoms with Gasteiger partial charge in [-0.1, -0.05) is 26.8 Å². The quantitative estimate of drug-likeness (QED) is 0.0511. The van der Waals surface area contributed by atoms with Gasteiger partial charge in [0.1, 0.15) is 34.8 Å². The third-order valence-electron chi connectivity index (χ3n) is 11.5. The van der Waals surface area contributed by atoms with Crippen LogP contribution < -0.4 is 14.8 Å². The van der Waals surface area contributed by atoms with Crippen LogP contribution in [0.4, 0.5) is 5.69 Å². The third-order valence-corrected chi connectivity index (χ3v) is 13.9. The average Bonchev–Trinajstić information content (AvgIpc) is 3.51. The molecule has 0 amide bonds. The number of hydrogen-bond acceptors (Lipinski definition) is 19. The van der Waals surface area contributed by atoms with Crippen molar-refractivity contribution in [2.24, 2.45) is 0 Å². The molecule has 0 saturated heterocycles. The first-order chi connectivity index (χ1) is 33.6. The topological polar surface area (TPSA) is 276 Å². The van der Waals surface area contributed by atoms with Crippen LogP contribution in [0.1, 0.15) is 63.8 Å². The summed E-state index contributed by atoms with van der Waals surface area (Å²) in [4.78, 5) is 1.38.